The van der Waals surface area contributed by atoms with Crippen molar-refractivity contribution >= 4 is 5.91 Å². The molecule has 0 unspecified atom stereocenters. The van der Waals surface area contributed by atoms with Crippen LogP contribution in [0.4, 0.5) is 0 Å². The van der Waals surface area contributed by atoms with Gasteiger partial charge in [-0.05, 0) is 45.0 Å². The van der Waals surface area contributed by atoms with E-state index in [1.54, 1.807) is 24.1 Å². The predicted molar refractivity (Wildman–Crippen MR) is 113 cm³/mol. The van der Waals surface area contributed by atoms with Crippen LogP contribution in [0.25, 0.3) is 0 Å². The van der Waals surface area contributed by atoms with Crippen LogP contribution in [0.1, 0.15) is 31.1 Å². The van der Waals surface area contributed by atoms with Crippen molar-refractivity contribution in [3.05, 3.63) is 42.0 Å². The van der Waals surface area contributed by atoms with Crippen LogP contribution in [0.15, 0.2) is 36.4 Å². The molecule has 0 spiro atoms. The standard InChI is InChI=1S/C23H29NO6/c1-5-26-20-12-16(13-21(27-6-2)22(20)28-7-3)23(25)24(4)14-17-15-29-18-10-8-9-11-19(18)30-17/h8-13,17H,5-7,14-15H2,1-4H3/t17-/m0/s1. The molecular weight excluding hydrogens is 386 g/mol. The normalized spacial score (nSPS) is 14.7. The summed E-state index contributed by atoms with van der Waals surface area (Å²) in [4.78, 5) is 14.7. The Morgan fingerprint density at radius 2 is 1.60 bits per heavy atom. The third-order valence-electron chi connectivity index (χ3n) is 4.55. The van der Waals surface area contributed by atoms with Crippen LogP contribution in [0.5, 0.6) is 28.7 Å². The van der Waals surface area contributed by atoms with Crippen LogP contribution in [-0.4, -0.2) is 56.9 Å². The molecule has 0 saturated carbocycles. The minimum absolute atomic E-state index is 0.164. The number of amides is 1. The highest BCUT2D eigenvalue weighted by atomic mass is 16.6. The van der Waals surface area contributed by atoms with Gasteiger partial charge >= 0.3 is 0 Å². The van der Waals surface area contributed by atoms with Crippen molar-refractivity contribution < 1.29 is 28.5 Å². The maximum Gasteiger partial charge on any atom is 0.254 e. The Hall–Kier alpha value is -3.09. The molecule has 7 heteroatoms. The molecule has 3 rings (SSSR count). The molecule has 0 N–H and O–H groups in total. The molecule has 0 bridgehead atoms. The Kier molecular flexibility index (Phi) is 7.27. The van der Waals surface area contributed by atoms with Crippen molar-refractivity contribution in [3.63, 3.8) is 0 Å². The van der Waals surface area contributed by atoms with Gasteiger partial charge in [-0.3, -0.25) is 4.79 Å². The van der Waals surface area contributed by atoms with Gasteiger partial charge in [-0.15, -0.1) is 0 Å². The summed E-state index contributed by atoms with van der Waals surface area (Å²) in [5.41, 5.74) is 0.463. The molecule has 0 aliphatic carbocycles. The lowest BCUT2D eigenvalue weighted by atomic mass is 10.1. The van der Waals surface area contributed by atoms with Gasteiger partial charge in [0.15, 0.2) is 29.1 Å². The number of fused-ring (bicyclic) bond motifs is 1. The molecule has 162 valence electrons. The van der Waals surface area contributed by atoms with E-state index in [2.05, 4.69) is 0 Å². The van der Waals surface area contributed by atoms with Crippen LogP contribution in [0.3, 0.4) is 0 Å². The summed E-state index contributed by atoms with van der Waals surface area (Å²) in [6.45, 7) is 7.79. The highest BCUT2D eigenvalue weighted by molar-refractivity contribution is 5.95. The SMILES string of the molecule is CCOc1cc(C(=O)N(C)C[C@H]2COc3ccccc3O2)cc(OCC)c1OCC. The van der Waals surface area contributed by atoms with E-state index in [1.165, 1.54) is 0 Å². The van der Waals surface area contributed by atoms with Crippen molar-refractivity contribution in [2.24, 2.45) is 0 Å². The van der Waals surface area contributed by atoms with E-state index in [0.717, 1.165) is 5.75 Å². The third-order valence-corrected chi connectivity index (χ3v) is 4.55. The number of carbonyl (C=O) groups is 1. The average Bonchev–Trinajstić information content (AvgIpc) is 2.75. The number of rotatable bonds is 9. The maximum atomic E-state index is 13.1. The zero-order chi connectivity index (χ0) is 21.5. The second-order valence-electron chi connectivity index (χ2n) is 6.78. The molecule has 0 fully saturated rings. The van der Waals surface area contributed by atoms with Gasteiger partial charge in [0.25, 0.3) is 5.91 Å². The van der Waals surface area contributed by atoms with Crippen LogP contribution >= 0.6 is 0 Å². The fraction of sp³-hybridized carbons (Fsp3) is 0.435. The third kappa shape index (κ3) is 4.90. The Bertz CT molecular complexity index is 842. The lowest BCUT2D eigenvalue weighted by molar-refractivity contribution is 0.0520. The largest absolute Gasteiger partial charge is 0.490 e. The summed E-state index contributed by atoms with van der Waals surface area (Å²) in [6.07, 6.45) is -0.255. The molecule has 1 heterocycles. The number of carbonyl (C=O) groups excluding carboxylic acids is 1. The smallest absolute Gasteiger partial charge is 0.254 e. The van der Waals surface area contributed by atoms with Gasteiger partial charge in [0, 0.05) is 12.6 Å². The quantitative estimate of drug-likeness (QED) is 0.621. The minimum atomic E-state index is -0.255. The number of likely N-dealkylation sites (N-methyl/N-ethyl adjacent to an activating group) is 1. The fourth-order valence-electron chi connectivity index (χ4n) is 3.27. The number of ether oxygens (including phenoxy) is 5. The van der Waals surface area contributed by atoms with E-state index in [1.807, 2.05) is 45.0 Å². The maximum absolute atomic E-state index is 13.1. The molecule has 1 aliphatic heterocycles. The molecule has 0 radical (unpaired) electrons. The zero-order valence-corrected chi connectivity index (χ0v) is 18.0. The second-order valence-corrected chi connectivity index (χ2v) is 6.78. The Labute approximate surface area is 177 Å². The van der Waals surface area contributed by atoms with E-state index >= 15 is 0 Å². The fourth-order valence-corrected chi connectivity index (χ4v) is 3.27. The molecule has 2 aromatic rings. The van der Waals surface area contributed by atoms with Crippen molar-refractivity contribution in [1.29, 1.82) is 0 Å². The predicted octanol–water partition coefficient (Wildman–Crippen LogP) is 3.79. The molecule has 1 amide bonds. The van der Waals surface area contributed by atoms with E-state index in [-0.39, 0.29) is 12.0 Å². The lowest BCUT2D eigenvalue weighted by Crippen LogP contribution is -2.41. The number of benzene rings is 2. The van der Waals surface area contributed by atoms with Gasteiger partial charge in [0.2, 0.25) is 5.75 Å². The molecule has 2 aromatic carbocycles. The number of hydrogen-bond acceptors (Lipinski definition) is 6. The van der Waals surface area contributed by atoms with Crippen molar-refractivity contribution in [3.8, 4) is 28.7 Å². The highest BCUT2D eigenvalue weighted by Crippen LogP contribution is 2.39. The molecule has 1 aliphatic rings. The molecule has 7 nitrogen and oxygen atoms in total. The summed E-state index contributed by atoms with van der Waals surface area (Å²) >= 11 is 0. The Morgan fingerprint density at radius 3 is 2.20 bits per heavy atom. The van der Waals surface area contributed by atoms with Gasteiger partial charge < -0.3 is 28.6 Å². The van der Waals surface area contributed by atoms with Gasteiger partial charge in [-0.25, -0.2) is 0 Å². The first kappa shape index (κ1) is 21.6. The van der Waals surface area contributed by atoms with Crippen molar-refractivity contribution in [2.45, 2.75) is 26.9 Å². The van der Waals surface area contributed by atoms with Gasteiger partial charge in [-0.2, -0.15) is 0 Å². The van der Waals surface area contributed by atoms with Gasteiger partial charge in [-0.1, -0.05) is 12.1 Å². The van der Waals surface area contributed by atoms with Gasteiger partial charge in [0.1, 0.15) is 6.61 Å². The first-order valence-corrected chi connectivity index (χ1v) is 10.3. The number of para-hydroxylation sites is 2. The Morgan fingerprint density at radius 1 is 1.00 bits per heavy atom. The zero-order valence-electron chi connectivity index (χ0n) is 18.0. The minimum Gasteiger partial charge on any atom is -0.490 e. The van der Waals surface area contributed by atoms with Crippen LogP contribution < -0.4 is 23.7 Å². The van der Waals surface area contributed by atoms with Crippen LogP contribution in [0, 0.1) is 0 Å². The van der Waals surface area contributed by atoms with E-state index in [0.29, 0.717) is 61.5 Å². The number of nitrogens with zero attached hydrogens (tertiary/aromatic N) is 1. The van der Waals surface area contributed by atoms with E-state index in [9.17, 15) is 4.79 Å². The van der Waals surface area contributed by atoms with Crippen LogP contribution in [-0.2, 0) is 0 Å². The first-order chi connectivity index (χ1) is 14.6. The van der Waals surface area contributed by atoms with Crippen molar-refractivity contribution in [1.82, 2.24) is 4.90 Å². The number of hydrogen-bond donors (Lipinski definition) is 0. The molecule has 30 heavy (non-hydrogen) atoms. The Balaban J connectivity index is 1.78. The summed E-state index contributed by atoms with van der Waals surface area (Å²) in [7, 11) is 1.74. The topological polar surface area (TPSA) is 66.5 Å². The summed E-state index contributed by atoms with van der Waals surface area (Å²) in [5.74, 6) is 2.75. The molecular formula is C23H29NO6. The lowest BCUT2D eigenvalue weighted by Gasteiger charge is -2.29. The van der Waals surface area contributed by atoms with Gasteiger partial charge in [0.05, 0.1) is 26.4 Å². The summed E-state index contributed by atoms with van der Waals surface area (Å²) < 4.78 is 28.9. The summed E-state index contributed by atoms with van der Waals surface area (Å²) in [5, 5.41) is 0. The average molecular weight is 415 g/mol. The van der Waals surface area contributed by atoms with E-state index < -0.39 is 0 Å². The van der Waals surface area contributed by atoms with Crippen LogP contribution in [0.2, 0.25) is 0 Å². The first-order valence-electron chi connectivity index (χ1n) is 10.3. The molecule has 0 saturated heterocycles. The van der Waals surface area contributed by atoms with Crippen molar-refractivity contribution in [2.75, 3.05) is 40.0 Å². The molecule has 0 aromatic heterocycles. The monoisotopic (exact) mass is 415 g/mol. The van der Waals surface area contributed by atoms with E-state index in [4.69, 9.17) is 23.7 Å². The molecule has 1 atom stereocenters. The summed E-state index contributed by atoms with van der Waals surface area (Å²) in [6, 6.07) is 10.9. The highest BCUT2D eigenvalue weighted by Gasteiger charge is 2.26. The second kappa shape index (κ2) is 10.1.